The summed E-state index contributed by atoms with van der Waals surface area (Å²) in [5.74, 6) is 0. The van der Waals surface area contributed by atoms with E-state index in [4.69, 9.17) is 14.2 Å². The van der Waals surface area contributed by atoms with Gasteiger partial charge < -0.3 is 19.3 Å². The van der Waals surface area contributed by atoms with Crippen LogP contribution in [0.25, 0.3) is 6.08 Å². The number of hydrogen-bond donors (Lipinski definition) is 2. The molecule has 2 rings (SSSR count). The molecule has 0 radical (unpaired) electrons. The third kappa shape index (κ3) is 4.39. The summed E-state index contributed by atoms with van der Waals surface area (Å²) in [5, 5.41) is 9.40. The monoisotopic (exact) mass is 390 g/mol. The Balaban J connectivity index is 2.20. The highest BCUT2D eigenvalue weighted by Gasteiger charge is 2.37. The van der Waals surface area contributed by atoms with E-state index < -0.39 is 29.7 Å². The molecule has 1 fully saturated rings. The first-order valence-electron chi connectivity index (χ1n) is 7.18. The number of aromatic nitrogens is 2. The fraction of sp³-hybridized carbons (Fsp3) is 0.571. The number of aliphatic hydroxyl groups excluding tert-OH is 1. The van der Waals surface area contributed by atoms with E-state index in [9.17, 15) is 14.7 Å². The summed E-state index contributed by atoms with van der Waals surface area (Å²) in [5.41, 5.74) is -0.749. The predicted octanol–water partition coefficient (Wildman–Crippen LogP) is 0.561. The molecule has 2 heterocycles. The van der Waals surface area contributed by atoms with Gasteiger partial charge >= 0.3 is 5.69 Å². The first kappa shape index (κ1) is 18.1. The summed E-state index contributed by atoms with van der Waals surface area (Å²) in [6.45, 7) is 2.22. The van der Waals surface area contributed by atoms with Crippen molar-refractivity contribution in [2.75, 3.05) is 20.0 Å². The highest BCUT2D eigenvalue weighted by Crippen LogP contribution is 2.29. The highest BCUT2D eigenvalue weighted by molar-refractivity contribution is 9.11. The largest absolute Gasteiger partial charge is 0.394 e. The fourth-order valence-electron chi connectivity index (χ4n) is 2.33. The Morgan fingerprint density at radius 3 is 3.00 bits per heavy atom. The van der Waals surface area contributed by atoms with Crippen LogP contribution in [0.15, 0.2) is 20.8 Å². The Hall–Kier alpha value is -1.26. The van der Waals surface area contributed by atoms with Gasteiger partial charge in [0.15, 0.2) is 0 Å². The van der Waals surface area contributed by atoms with Gasteiger partial charge in [-0.05, 0) is 18.0 Å². The normalized spacial score (nSPS) is 24.6. The summed E-state index contributed by atoms with van der Waals surface area (Å²) in [7, 11) is 0. The predicted molar refractivity (Wildman–Crippen MR) is 86.3 cm³/mol. The molecular weight excluding hydrogens is 372 g/mol. The highest BCUT2D eigenvalue weighted by atomic mass is 79.9. The molecule has 128 valence electrons. The summed E-state index contributed by atoms with van der Waals surface area (Å²) in [4.78, 5) is 27.5. The molecule has 0 saturated carbocycles. The van der Waals surface area contributed by atoms with E-state index in [0.717, 1.165) is 0 Å². The van der Waals surface area contributed by atoms with Crippen molar-refractivity contribution in [1.82, 2.24) is 9.55 Å². The van der Waals surface area contributed by atoms with Crippen LogP contribution in [0.3, 0.4) is 0 Å². The molecule has 1 aliphatic rings. The second kappa shape index (κ2) is 8.55. The van der Waals surface area contributed by atoms with Crippen molar-refractivity contribution in [1.29, 1.82) is 0 Å². The van der Waals surface area contributed by atoms with Gasteiger partial charge in [0.25, 0.3) is 5.56 Å². The number of halogens is 1. The Kier molecular flexibility index (Phi) is 6.72. The fourth-order valence-corrected chi connectivity index (χ4v) is 2.62. The van der Waals surface area contributed by atoms with Crippen LogP contribution in [-0.4, -0.2) is 46.9 Å². The van der Waals surface area contributed by atoms with Gasteiger partial charge in [-0.25, -0.2) is 4.79 Å². The zero-order chi connectivity index (χ0) is 16.8. The lowest BCUT2D eigenvalue weighted by molar-refractivity contribution is -0.116. The maximum Gasteiger partial charge on any atom is 0.330 e. The van der Waals surface area contributed by atoms with E-state index in [-0.39, 0.29) is 13.4 Å². The van der Waals surface area contributed by atoms with Gasteiger partial charge in [0.1, 0.15) is 19.1 Å². The van der Waals surface area contributed by atoms with Crippen molar-refractivity contribution in [2.24, 2.45) is 0 Å². The minimum atomic E-state index is -0.634. The van der Waals surface area contributed by atoms with Gasteiger partial charge in [-0.3, -0.25) is 14.3 Å². The molecule has 1 aliphatic heterocycles. The molecule has 23 heavy (non-hydrogen) atoms. The molecular formula is C14H19BrN2O6. The second-order valence-electron chi connectivity index (χ2n) is 4.91. The molecule has 0 amide bonds. The van der Waals surface area contributed by atoms with Crippen LogP contribution in [-0.2, 0) is 14.2 Å². The van der Waals surface area contributed by atoms with Crippen LogP contribution >= 0.6 is 15.9 Å². The van der Waals surface area contributed by atoms with Gasteiger partial charge in [0.05, 0.1) is 18.3 Å². The molecule has 0 bridgehead atoms. The van der Waals surface area contributed by atoms with Crippen LogP contribution in [0, 0.1) is 0 Å². The number of nitrogens with zero attached hydrogens (tertiary/aromatic N) is 1. The van der Waals surface area contributed by atoms with E-state index >= 15 is 0 Å². The van der Waals surface area contributed by atoms with Gasteiger partial charge in [0, 0.05) is 19.2 Å². The van der Waals surface area contributed by atoms with Gasteiger partial charge in [-0.15, -0.1) is 0 Å². The van der Waals surface area contributed by atoms with E-state index in [2.05, 4.69) is 20.9 Å². The summed E-state index contributed by atoms with van der Waals surface area (Å²) >= 11 is 3.09. The third-order valence-electron chi connectivity index (χ3n) is 3.48. The van der Waals surface area contributed by atoms with Crippen molar-refractivity contribution in [2.45, 2.75) is 31.8 Å². The molecule has 2 N–H and O–H groups in total. The SMILES string of the molecule is CCOCO[C@H]1C[C@H](n2cc(C=CBr)c(=O)[nH]c2=O)O[C@@H]1CO. The lowest BCUT2D eigenvalue weighted by Gasteiger charge is -2.16. The molecule has 1 aromatic rings. The lowest BCUT2D eigenvalue weighted by Crippen LogP contribution is -2.33. The van der Waals surface area contributed by atoms with Crippen LogP contribution in [0.5, 0.6) is 0 Å². The molecule has 9 heteroatoms. The molecule has 0 aliphatic carbocycles. The zero-order valence-electron chi connectivity index (χ0n) is 12.6. The van der Waals surface area contributed by atoms with Gasteiger partial charge in [0.2, 0.25) is 0 Å². The minimum absolute atomic E-state index is 0.0891. The quantitative estimate of drug-likeness (QED) is 0.520. The van der Waals surface area contributed by atoms with Crippen molar-refractivity contribution in [3.8, 4) is 0 Å². The number of hydrogen-bond acceptors (Lipinski definition) is 6. The van der Waals surface area contributed by atoms with E-state index in [1.807, 2.05) is 6.92 Å². The topological polar surface area (TPSA) is 103 Å². The van der Waals surface area contributed by atoms with Crippen molar-refractivity contribution < 1.29 is 19.3 Å². The Morgan fingerprint density at radius 1 is 1.57 bits per heavy atom. The summed E-state index contributed by atoms with van der Waals surface area (Å²) < 4.78 is 17.6. The van der Waals surface area contributed by atoms with E-state index in [0.29, 0.717) is 18.6 Å². The Labute approximate surface area is 140 Å². The van der Waals surface area contributed by atoms with Crippen LogP contribution in [0.1, 0.15) is 25.1 Å². The smallest absolute Gasteiger partial charge is 0.330 e. The van der Waals surface area contributed by atoms with Crippen LogP contribution in [0.4, 0.5) is 0 Å². The molecule has 0 unspecified atom stereocenters. The molecule has 1 saturated heterocycles. The molecule has 3 atom stereocenters. The maximum absolute atomic E-state index is 12.0. The van der Waals surface area contributed by atoms with Crippen molar-refractivity contribution >= 4 is 22.0 Å². The first-order valence-corrected chi connectivity index (χ1v) is 8.10. The number of aromatic amines is 1. The van der Waals surface area contributed by atoms with Crippen molar-refractivity contribution in [3.63, 3.8) is 0 Å². The molecule has 0 aromatic carbocycles. The Bertz CT molecular complexity index is 655. The molecule has 8 nitrogen and oxygen atoms in total. The number of rotatable bonds is 7. The maximum atomic E-state index is 12.0. The number of aliphatic hydroxyl groups is 1. The van der Waals surface area contributed by atoms with Crippen LogP contribution in [0.2, 0.25) is 0 Å². The van der Waals surface area contributed by atoms with Crippen molar-refractivity contribution in [3.05, 3.63) is 37.6 Å². The molecule has 1 aromatic heterocycles. The average molecular weight is 391 g/mol. The second-order valence-corrected chi connectivity index (χ2v) is 5.44. The standard InChI is InChI=1S/C14H19BrN2O6/c1-2-21-8-22-10-5-12(23-11(10)7-18)17-6-9(3-4-15)13(19)16-14(17)20/h3-4,6,10-12,18H,2,5,7-8H2,1H3,(H,16,19,20)/t10-,11+,12+/m0/s1. The first-order chi connectivity index (χ1) is 11.1. The summed E-state index contributed by atoms with van der Waals surface area (Å²) in [6, 6.07) is 0. The van der Waals surface area contributed by atoms with E-state index in [1.54, 1.807) is 0 Å². The minimum Gasteiger partial charge on any atom is -0.394 e. The van der Waals surface area contributed by atoms with Gasteiger partial charge in [-0.1, -0.05) is 15.9 Å². The van der Waals surface area contributed by atoms with E-state index in [1.165, 1.54) is 21.8 Å². The van der Waals surface area contributed by atoms with Crippen LogP contribution < -0.4 is 11.2 Å². The number of H-pyrrole nitrogens is 1. The number of nitrogens with one attached hydrogen (secondary N) is 1. The molecule has 0 spiro atoms. The summed E-state index contributed by atoms with van der Waals surface area (Å²) in [6.07, 6.45) is 1.71. The number of ether oxygens (including phenoxy) is 3. The average Bonchev–Trinajstić information content (AvgIpc) is 2.93. The van der Waals surface area contributed by atoms with Gasteiger partial charge in [-0.2, -0.15) is 0 Å². The lowest BCUT2D eigenvalue weighted by atomic mass is 10.2. The third-order valence-corrected chi connectivity index (χ3v) is 3.74. The Morgan fingerprint density at radius 2 is 2.35 bits per heavy atom. The zero-order valence-corrected chi connectivity index (χ0v) is 14.2.